The van der Waals surface area contributed by atoms with Crippen molar-refractivity contribution in [3.63, 3.8) is 0 Å². The SMILES string of the molecule is CCOc1ccc(C(=O)COC(=O)c2c(C)nn(Cc3ccccc3)c2C)cc1. The molecule has 1 aromatic heterocycles. The minimum absolute atomic E-state index is 0.270. The molecule has 0 aliphatic rings. The summed E-state index contributed by atoms with van der Waals surface area (Å²) >= 11 is 0. The summed E-state index contributed by atoms with van der Waals surface area (Å²) in [7, 11) is 0. The summed E-state index contributed by atoms with van der Waals surface area (Å²) in [5.41, 5.74) is 3.25. The lowest BCUT2D eigenvalue weighted by atomic mass is 10.1. The minimum Gasteiger partial charge on any atom is -0.494 e. The van der Waals surface area contributed by atoms with Crippen molar-refractivity contribution in [2.24, 2.45) is 0 Å². The van der Waals surface area contributed by atoms with E-state index >= 15 is 0 Å². The number of nitrogens with zero attached hydrogens (tertiary/aromatic N) is 2. The molecule has 0 radical (unpaired) electrons. The number of esters is 1. The van der Waals surface area contributed by atoms with Crippen molar-refractivity contribution in [2.75, 3.05) is 13.2 Å². The monoisotopic (exact) mass is 392 g/mol. The molecule has 0 fully saturated rings. The van der Waals surface area contributed by atoms with Crippen molar-refractivity contribution in [3.05, 3.63) is 82.7 Å². The van der Waals surface area contributed by atoms with Crippen LogP contribution in [0.3, 0.4) is 0 Å². The van der Waals surface area contributed by atoms with Crippen LogP contribution in [0.15, 0.2) is 54.6 Å². The first-order valence-corrected chi connectivity index (χ1v) is 9.50. The third kappa shape index (κ3) is 4.90. The molecule has 6 nitrogen and oxygen atoms in total. The molecule has 2 aromatic carbocycles. The molecule has 3 aromatic rings. The number of ether oxygens (including phenoxy) is 2. The second kappa shape index (κ2) is 9.19. The Labute approximate surface area is 170 Å². The van der Waals surface area contributed by atoms with Gasteiger partial charge in [-0.1, -0.05) is 30.3 Å². The van der Waals surface area contributed by atoms with Crippen molar-refractivity contribution in [2.45, 2.75) is 27.3 Å². The second-order valence-electron chi connectivity index (χ2n) is 6.65. The van der Waals surface area contributed by atoms with Crippen molar-refractivity contribution in [3.8, 4) is 5.75 Å². The lowest BCUT2D eigenvalue weighted by Crippen LogP contribution is -2.15. The van der Waals surface area contributed by atoms with Gasteiger partial charge in [-0.05, 0) is 50.6 Å². The summed E-state index contributed by atoms with van der Waals surface area (Å²) in [6, 6.07) is 16.7. The molecule has 29 heavy (non-hydrogen) atoms. The lowest BCUT2D eigenvalue weighted by Gasteiger charge is -2.07. The van der Waals surface area contributed by atoms with Gasteiger partial charge in [-0.15, -0.1) is 0 Å². The maximum absolute atomic E-state index is 12.6. The van der Waals surface area contributed by atoms with Crippen LogP contribution < -0.4 is 4.74 Å². The van der Waals surface area contributed by atoms with E-state index in [0.717, 1.165) is 5.56 Å². The van der Waals surface area contributed by atoms with Crippen LogP contribution in [0.4, 0.5) is 0 Å². The maximum Gasteiger partial charge on any atom is 0.342 e. The molecule has 0 aliphatic carbocycles. The number of ketones is 1. The highest BCUT2D eigenvalue weighted by atomic mass is 16.5. The molecule has 3 rings (SSSR count). The Kier molecular flexibility index (Phi) is 6.44. The molecule has 0 bridgehead atoms. The summed E-state index contributed by atoms with van der Waals surface area (Å²) < 4.78 is 12.4. The average Bonchev–Trinajstić information content (AvgIpc) is 3.00. The van der Waals surface area contributed by atoms with Gasteiger partial charge in [0.2, 0.25) is 0 Å². The zero-order chi connectivity index (χ0) is 20.8. The molecule has 1 heterocycles. The normalized spacial score (nSPS) is 10.6. The summed E-state index contributed by atoms with van der Waals surface area (Å²) in [4.78, 5) is 24.9. The fraction of sp³-hybridized carbons (Fsp3) is 0.261. The van der Waals surface area contributed by atoms with Gasteiger partial charge >= 0.3 is 5.97 Å². The van der Waals surface area contributed by atoms with E-state index in [0.29, 0.717) is 41.4 Å². The Bertz CT molecular complexity index is 992. The summed E-state index contributed by atoms with van der Waals surface area (Å²) in [5, 5.41) is 4.46. The molecule has 0 unspecified atom stereocenters. The molecule has 0 spiro atoms. The number of aromatic nitrogens is 2. The van der Waals surface area contributed by atoms with Gasteiger partial charge in [0.05, 0.1) is 24.5 Å². The predicted octanol–water partition coefficient (Wildman–Crippen LogP) is 3.99. The molecule has 0 saturated carbocycles. The van der Waals surface area contributed by atoms with Crippen LogP contribution in [0.2, 0.25) is 0 Å². The highest BCUT2D eigenvalue weighted by Crippen LogP contribution is 2.17. The number of carbonyl (C=O) groups is 2. The van der Waals surface area contributed by atoms with Gasteiger partial charge in [-0.3, -0.25) is 9.48 Å². The average molecular weight is 392 g/mol. The fourth-order valence-electron chi connectivity index (χ4n) is 3.09. The number of rotatable bonds is 8. The van der Waals surface area contributed by atoms with Crippen LogP contribution in [-0.4, -0.2) is 34.7 Å². The smallest absolute Gasteiger partial charge is 0.342 e. The first-order valence-electron chi connectivity index (χ1n) is 9.50. The topological polar surface area (TPSA) is 70.4 Å². The number of Topliss-reactive ketones (excluding diaryl/α,β-unsaturated/α-hetero) is 1. The third-order valence-electron chi connectivity index (χ3n) is 4.58. The molecular formula is C23H24N2O4. The molecule has 150 valence electrons. The summed E-state index contributed by atoms with van der Waals surface area (Å²) in [6.45, 7) is 6.28. The van der Waals surface area contributed by atoms with Gasteiger partial charge in [-0.2, -0.15) is 5.10 Å². The van der Waals surface area contributed by atoms with Crippen LogP contribution in [0.5, 0.6) is 5.75 Å². The van der Waals surface area contributed by atoms with Crippen LogP contribution in [-0.2, 0) is 11.3 Å². The highest BCUT2D eigenvalue weighted by molar-refractivity contribution is 5.99. The first kappa shape index (κ1) is 20.3. The summed E-state index contributed by atoms with van der Waals surface area (Å²) in [6.07, 6.45) is 0. The Balaban J connectivity index is 1.65. The van der Waals surface area contributed by atoms with Crippen molar-refractivity contribution in [1.29, 1.82) is 0 Å². The van der Waals surface area contributed by atoms with E-state index in [2.05, 4.69) is 5.10 Å². The Morgan fingerprint density at radius 3 is 2.34 bits per heavy atom. The lowest BCUT2D eigenvalue weighted by molar-refractivity contribution is 0.0473. The molecule has 0 atom stereocenters. The third-order valence-corrected chi connectivity index (χ3v) is 4.58. The minimum atomic E-state index is -0.543. The van der Waals surface area contributed by atoms with Gasteiger partial charge in [0.25, 0.3) is 0 Å². The molecule has 0 amide bonds. The molecule has 0 N–H and O–H groups in total. The van der Waals surface area contributed by atoms with Crippen molar-refractivity contribution < 1.29 is 19.1 Å². The van der Waals surface area contributed by atoms with Crippen LogP contribution in [0.25, 0.3) is 0 Å². The van der Waals surface area contributed by atoms with E-state index in [-0.39, 0.29) is 12.4 Å². The van der Waals surface area contributed by atoms with Crippen LogP contribution in [0.1, 0.15) is 44.6 Å². The Morgan fingerprint density at radius 2 is 1.69 bits per heavy atom. The van der Waals surface area contributed by atoms with Gasteiger partial charge in [0.1, 0.15) is 11.3 Å². The largest absolute Gasteiger partial charge is 0.494 e. The zero-order valence-electron chi connectivity index (χ0n) is 16.8. The molecule has 0 saturated heterocycles. The zero-order valence-corrected chi connectivity index (χ0v) is 16.8. The molecule has 0 aliphatic heterocycles. The van der Waals surface area contributed by atoms with Gasteiger partial charge < -0.3 is 9.47 Å². The van der Waals surface area contributed by atoms with E-state index in [4.69, 9.17) is 9.47 Å². The van der Waals surface area contributed by atoms with Crippen molar-refractivity contribution >= 4 is 11.8 Å². The van der Waals surface area contributed by atoms with Gasteiger partial charge in [0.15, 0.2) is 12.4 Å². The van der Waals surface area contributed by atoms with Gasteiger partial charge in [0, 0.05) is 5.56 Å². The van der Waals surface area contributed by atoms with Gasteiger partial charge in [-0.25, -0.2) is 4.79 Å². The van der Waals surface area contributed by atoms with E-state index in [1.807, 2.05) is 44.2 Å². The van der Waals surface area contributed by atoms with E-state index < -0.39 is 5.97 Å². The predicted molar refractivity (Wildman–Crippen MR) is 109 cm³/mol. The van der Waals surface area contributed by atoms with E-state index in [9.17, 15) is 9.59 Å². The number of aryl methyl sites for hydroxylation is 1. The highest BCUT2D eigenvalue weighted by Gasteiger charge is 2.21. The van der Waals surface area contributed by atoms with Crippen LogP contribution >= 0.6 is 0 Å². The number of benzene rings is 2. The van der Waals surface area contributed by atoms with Crippen LogP contribution in [0, 0.1) is 13.8 Å². The standard InChI is InChI=1S/C23H24N2O4/c1-4-28-20-12-10-19(11-13-20)21(26)15-29-23(27)22-16(2)24-25(17(22)3)14-18-8-6-5-7-9-18/h5-13H,4,14-15H2,1-3H3. The molecule has 6 heteroatoms. The van der Waals surface area contributed by atoms with Crippen molar-refractivity contribution in [1.82, 2.24) is 9.78 Å². The molecular weight excluding hydrogens is 368 g/mol. The fourth-order valence-corrected chi connectivity index (χ4v) is 3.09. The Hall–Kier alpha value is -3.41. The first-order chi connectivity index (χ1) is 14.0. The number of hydrogen-bond acceptors (Lipinski definition) is 5. The quantitative estimate of drug-likeness (QED) is 0.428. The summed E-state index contributed by atoms with van der Waals surface area (Å²) in [5.74, 6) is -0.120. The Morgan fingerprint density at radius 1 is 1.00 bits per heavy atom. The number of hydrogen-bond donors (Lipinski definition) is 0. The maximum atomic E-state index is 12.6. The van der Waals surface area contributed by atoms with E-state index in [1.54, 1.807) is 35.9 Å². The second-order valence-corrected chi connectivity index (χ2v) is 6.65. The van der Waals surface area contributed by atoms with E-state index in [1.165, 1.54) is 0 Å². The number of carbonyl (C=O) groups excluding carboxylic acids is 2.